The Bertz CT molecular complexity index is 121. The van der Waals surface area contributed by atoms with E-state index in [4.69, 9.17) is 9.47 Å². The SMILES string of the molecule is CCOC(C)(C)C.COC1CCCC1. The predicted octanol–water partition coefficient (Wildman–Crippen LogP) is 3.40. The van der Waals surface area contributed by atoms with Crippen molar-refractivity contribution in [1.29, 1.82) is 0 Å². The van der Waals surface area contributed by atoms with Gasteiger partial charge in [0, 0.05) is 13.7 Å². The maximum absolute atomic E-state index is 5.23. The third kappa shape index (κ3) is 8.52. The summed E-state index contributed by atoms with van der Waals surface area (Å²) >= 11 is 0. The fraction of sp³-hybridized carbons (Fsp3) is 1.00. The summed E-state index contributed by atoms with van der Waals surface area (Å²) in [4.78, 5) is 0. The molecular weight excluding hydrogens is 176 g/mol. The van der Waals surface area contributed by atoms with Crippen LogP contribution in [0.15, 0.2) is 0 Å². The second-order valence-corrected chi connectivity index (χ2v) is 4.69. The number of hydrogen-bond acceptors (Lipinski definition) is 2. The van der Waals surface area contributed by atoms with Gasteiger partial charge in [-0.25, -0.2) is 0 Å². The summed E-state index contributed by atoms with van der Waals surface area (Å²) in [7, 11) is 1.80. The molecule has 2 heteroatoms. The Kier molecular flexibility index (Phi) is 7.20. The summed E-state index contributed by atoms with van der Waals surface area (Å²) < 4.78 is 10.3. The van der Waals surface area contributed by atoms with Crippen molar-refractivity contribution in [1.82, 2.24) is 0 Å². The molecule has 86 valence electrons. The summed E-state index contributed by atoms with van der Waals surface area (Å²) in [5.41, 5.74) is 0.0503. The Balaban J connectivity index is 0.000000241. The molecule has 1 aliphatic rings. The number of rotatable bonds is 2. The summed E-state index contributed by atoms with van der Waals surface area (Å²) in [6.45, 7) is 8.97. The Morgan fingerprint density at radius 2 is 1.64 bits per heavy atom. The molecule has 2 nitrogen and oxygen atoms in total. The average Bonchev–Trinajstić information content (AvgIpc) is 2.54. The summed E-state index contributed by atoms with van der Waals surface area (Å²) in [6, 6.07) is 0. The molecule has 0 unspecified atom stereocenters. The minimum Gasteiger partial charge on any atom is -0.381 e. The lowest BCUT2D eigenvalue weighted by molar-refractivity contribution is 0.00532. The van der Waals surface area contributed by atoms with Gasteiger partial charge in [0.2, 0.25) is 0 Å². The molecule has 0 amide bonds. The zero-order chi connectivity index (χ0) is 11.0. The van der Waals surface area contributed by atoms with E-state index in [9.17, 15) is 0 Å². The van der Waals surface area contributed by atoms with Crippen molar-refractivity contribution in [2.24, 2.45) is 0 Å². The minimum absolute atomic E-state index is 0.0503. The van der Waals surface area contributed by atoms with Crippen molar-refractivity contribution in [3.63, 3.8) is 0 Å². The van der Waals surface area contributed by atoms with Crippen LogP contribution >= 0.6 is 0 Å². The van der Waals surface area contributed by atoms with Gasteiger partial charge in [-0.15, -0.1) is 0 Å². The zero-order valence-corrected chi connectivity index (χ0v) is 10.4. The number of methoxy groups -OCH3 is 1. The van der Waals surface area contributed by atoms with E-state index in [1.54, 1.807) is 7.11 Å². The van der Waals surface area contributed by atoms with Gasteiger partial charge in [-0.1, -0.05) is 12.8 Å². The van der Waals surface area contributed by atoms with Gasteiger partial charge in [-0.05, 0) is 40.5 Å². The Labute approximate surface area is 89.0 Å². The lowest BCUT2D eigenvalue weighted by Crippen LogP contribution is -2.18. The molecule has 0 bridgehead atoms. The van der Waals surface area contributed by atoms with E-state index in [1.165, 1.54) is 25.7 Å². The van der Waals surface area contributed by atoms with Gasteiger partial charge in [-0.3, -0.25) is 0 Å². The van der Waals surface area contributed by atoms with Crippen molar-refractivity contribution < 1.29 is 9.47 Å². The predicted molar refractivity (Wildman–Crippen MR) is 60.6 cm³/mol. The minimum atomic E-state index is 0.0503. The second-order valence-electron chi connectivity index (χ2n) is 4.69. The molecule has 1 aliphatic carbocycles. The molecule has 0 aromatic rings. The molecule has 0 aromatic carbocycles. The van der Waals surface area contributed by atoms with Crippen LogP contribution in [0, 0.1) is 0 Å². The van der Waals surface area contributed by atoms with E-state index in [2.05, 4.69) is 20.8 Å². The second kappa shape index (κ2) is 7.24. The highest BCUT2D eigenvalue weighted by atomic mass is 16.5. The lowest BCUT2D eigenvalue weighted by Gasteiger charge is -2.17. The Morgan fingerprint density at radius 3 is 1.79 bits per heavy atom. The van der Waals surface area contributed by atoms with Gasteiger partial charge in [0.15, 0.2) is 0 Å². The van der Waals surface area contributed by atoms with Gasteiger partial charge in [0.1, 0.15) is 0 Å². The standard InChI is InChI=1S/C6H12O.C6H14O/c1-7-6-4-2-3-5-6;1-5-7-6(2,3)4/h6H,2-5H2,1H3;5H2,1-4H3. The Morgan fingerprint density at radius 1 is 1.14 bits per heavy atom. The zero-order valence-electron chi connectivity index (χ0n) is 10.4. The number of ether oxygens (including phenoxy) is 2. The quantitative estimate of drug-likeness (QED) is 0.683. The molecule has 0 saturated heterocycles. The van der Waals surface area contributed by atoms with Crippen LogP contribution in [0.5, 0.6) is 0 Å². The van der Waals surface area contributed by atoms with Crippen molar-refractivity contribution in [2.75, 3.05) is 13.7 Å². The molecule has 0 radical (unpaired) electrons. The third-order valence-electron chi connectivity index (χ3n) is 2.21. The molecule has 1 fully saturated rings. The number of hydrogen-bond donors (Lipinski definition) is 0. The normalized spacial score (nSPS) is 17.8. The van der Waals surface area contributed by atoms with Crippen molar-refractivity contribution in [2.45, 2.75) is 65.1 Å². The van der Waals surface area contributed by atoms with Crippen LogP contribution in [0.1, 0.15) is 53.4 Å². The van der Waals surface area contributed by atoms with Crippen LogP contribution in [-0.2, 0) is 9.47 Å². The highest BCUT2D eigenvalue weighted by Gasteiger charge is 2.12. The fourth-order valence-electron chi connectivity index (χ4n) is 1.56. The van der Waals surface area contributed by atoms with Crippen molar-refractivity contribution >= 4 is 0 Å². The molecule has 0 aromatic heterocycles. The molecule has 0 atom stereocenters. The van der Waals surface area contributed by atoms with Gasteiger partial charge >= 0.3 is 0 Å². The first kappa shape index (κ1) is 13.9. The fourth-order valence-corrected chi connectivity index (χ4v) is 1.56. The lowest BCUT2D eigenvalue weighted by atomic mass is 10.2. The third-order valence-corrected chi connectivity index (χ3v) is 2.21. The largest absolute Gasteiger partial charge is 0.381 e. The maximum atomic E-state index is 5.23. The maximum Gasteiger partial charge on any atom is 0.0598 e. The van der Waals surface area contributed by atoms with E-state index in [0.29, 0.717) is 6.10 Å². The molecule has 0 aliphatic heterocycles. The highest BCUT2D eigenvalue weighted by molar-refractivity contribution is 4.65. The summed E-state index contributed by atoms with van der Waals surface area (Å²) in [5.74, 6) is 0. The van der Waals surface area contributed by atoms with E-state index in [0.717, 1.165) is 6.61 Å². The molecule has 1 saturated carbocycles. The van der Waals surface area contributed by atoms with Crippen molar-refractivity contribution in [3.05, 3.63) is 0 Å². The topological polar surface area (TPSA) is 18.5 Å². The molecular formula is C12H26O2. The van der Waals surface area contributed by atoms with Crippen molar-refractivity contribution in [3.8, 4) is 0 Å². The van der Waals surface area contributed by atoms with E-state index in [1.807, 2.05) is 6.92 Å². The van der Waals surface area contributed by atoms with Crippen LogP contribution in [-0.4, -0.2) is 25.4 Å². The van der Waals surface area contributed by atoms with E-state index in [-0.39, 0.29) is 5.60 Å². The van der Waals surface area contributed by atoms with Gasteiger partial charge in [0.25, 0.3) is 0 Å². The summed E-state index contributed by atoms with van der Waals surface area (Å²) in [5, 5.41) is 0. The summed E-state index contributed by atoms with van der Waals surface area (Å²) in [6.07, 6.45) is 5.92. The molecule has 1 rings (SSSR count). The van der Waals surface area contributed by atoms with Crippen LogP contribution in [0.2, 0.25) is 0 Å². The molecule has 0 heterocycles. The molecule has 0 N–H and O–H groups in total. The first-order valence-corrected chi connectivity index (χ1v) is 5.66. The molecule has 0 spiro atoms. The van der Waals surface area contributed by atoms with Gasteiger partial charge < -0.3 is 9.47 Å². The van der Waals surface area contributed by atoms with E-state index >= 15 is 0 Å². The van der Waals surface area contributed by atoms with Crippen LogP contribution < -0.4 is 0 Å². The van der Waals surface area contributed by atoms with Gasteiger partial charge in [-0.2, -0.15) is 0 Å². The van der Waals surface area contributed by atoms with Crippen LogP contribution in [0.25, 0.3) is 0 Å². The van der Waals surface area contributed by atoms with Crippen LogP contribution in [0.3, 0.4) is 0 Å². The first-order valence-electron chi connectivity index (χ1n) is 5.66. The van der Waals surface area contributed by atoms with Crippen LogP contribution in [0.4, 0.5) is 0 Å². The van der Waals surface area contributed by atoms with E-state index < -0.39 is 0 Å². The average molecular weight is 202 g/mol. The monoisotopic (exact) mass is 202 g/mol. The van der Waals surface area contributed by atoms with Gasteiger partial charge in [0.05, 0.1) is 11.7 Å². The highest BCUT2D eigenvalue weighted by Crippen LogP contribution is 2.19. The molecule has 14 heavy (non-hydrogen) atoms. The Hall–Kier alpha value is -0.0800. The smallest absolute Gasteiger partial charge is 0.0598 e. The first-order chi connectivity index (χ1) is 6.49.